The van der Waals surface area contributed by atoms with E-state index < -0.39 is 27.4 Å². The average Bonchev–Trinajstić information content (AvgIpc) is 3.13. The van der Waals surface area contributed by atoms with E-state index in [0.29, 0.717) is 22.4 Å². The Labute approximate surface area is 207 Å². The number of carbonyl (C=O) groups is 1. The SMILES string of the molecule is CCOC(=O)C1=C(C)N=c2s/c(=C/c3cccc([N+](=O)[O-])c3)c(=O)n2[C@H]1c1ccc(C)c([N+](=O)[O-])c1. The lowest BCUT2D eigenvalue weighted by atomic mass is 9.94. The molecular weight excluding hydrogens is 488 g/mol. The Morgan fingerprint density at radius 2 is 1.92 bits per heavy atom. The van der Waals surface area contributed by atoms with E-state index in [1.807, 2.05) is 0 Å². The fourth-order valence-corrected chi connectivity index (χ4v) is 5.03. The van der Waals surface area contributed by atoms with Gasteiger partial charge in [-0.15, -0.1) is 0 Å². The highest BCUT2D eigenvalue weighted by atomic mass is 32.1. The van der Waals surface area contributed by atoms with Crippen molar-refractivity contribution in [1.82, 2.24) is 4.57 Å². The van der Waals surface area contributed by atoms with Crippen molar-refractivity contribution in [2.24, 2.45) is 4.99 Å². The standard InChI is InChI=1S/C24H20N4O7S/c1-4-35-23(30)20-14(3)25-24-26(21(20)16-9-8-13(2)18(12-16)28(33)34)22(29)19(36-24)11-15-6-5-7-17(10-15)27(31)32/h5-12,21H,4H2,1-3H3/b19-11+/t21-/m0/s1. The van der Waals surface area contributed by atoms with Gasteiger partial charge in [0.25, 0.3) is 16.9 Å². The van der Waals surface area contributed by atoms with E-state index in [2.05, 4.69) is 4.99 Å². The van der Waals surface area contributed by atoms with Crippen molar-refractivity contribution in [3.63, 3.8) is 0 Å². The monoisotopic (exact) mass is 508 g/mol. The van der Waals surface area contributed by atoms with E-state index >= 15 is 0 Å². The predicted molar refractivity (Wildman–Crippen MR) is 131 cm³/mol. The minimum absolute atomic E-state index is 0.0909. The van der Waals surface area contributed by atoms with Crippen LogP contribution in [0.5, 0.6) is 0 Å². The molecule has 36 heavy (non-hydrogen) atoms. The number of hydrogen-bond acceptors (Lipinski definition) is 9. The van der Waals surface area contributed by atoms with Crippen molar-refractivity contribution in [3.8, 4) is 0 Å². The van der Waals surface area contributed by atoms with E-state index in [4.69, 9.17) is 4.74 Å². The Morgan fingerprint density at radius 3 is 2.58 bits per heavy atom. The molecule has 2 aromatic carbocycles. The van der Waals surface area contributed by atoms with Crippen LogP contribution < -0.4 is 14.9 Å². The minimum atomic E-state index is -1.01. The molecule has 0 saturated heterocycles. The second-order valence-electron chi connectivity index (χ2n) is 7.96. The summed E-state index contributed by atoms with van der Waals surface area (Å²) in [6, 6.07) is 9.35. The number of nitro benzene ring substituents is 2. The van der Waals surface area contributed by atoms with Crippen LogP contribution in [0.2, 0.25) is 0 Å². The molecule has 0 radical (unpaired) electrons. The van der Waals surface area contributed by atoms with Gasteiger partial charge < -0.3 is 4.74 Å². The summed E-state index contributed by atoms with van der Waals surface area (Å²) in [5.74, 6) is -0.681. The van der Waals surface area contributed by atoms with Crippen LogP contribution in [0.1, 0.15) is 36.6 Å². The van der Waals surface area contributed by atoms with Gasteiger partial charge in [-0.25, -0.2) is 9.79 Å². The summed E-state index contributed by atoms with van der Waals surface area (Å²) in [7, 11) is 0. The largest absolute Gasteiger partial charge is 0.463 e. The Hall–Kier alpha value is -4.45. The molecule has 1 aliphatic heterocycles. The number of ether oxygens (including phenoxy) is 1. The number of nitro groups is 2. The Kier molecular flexibility index (Phi) is 6.62. The second-order valence-corrected chi connectivity index (χ2v) is 8.97. The Balaban J connectivity index is 1.98. The number of esters is 1. The molecule has 0 unspecified atom stereocenters. The third kappa shape index (κ3) is 4.45. The van der Waals surface area contributed by atoms with Crippen LogP contribution >= 0.6 is 11.3 Å². The van der Waals surface area contributed by atoms with Gasteiger partial charge in [-0.3, -0.25) is 29.6 Å². The number of thiazole rings is 1. The summed E-state index contributed by atoms with van der Waals surface area (Å²) >= 11 is 1.05. The second kappa shape index (κ2) is 9.66. The zero-order chi connectivity index (χ0) is 26.1. The molecule has 0 aliphatic carbocycles. The lowest BCUT2D eigenvalue weighted by Gasteiger charge is -2.24. The summed E-state index contributed by atoms with van der Waals surface area (Å²) in [4.78, 5) is 52.9. The zero-order valence-electron chi connectivity index (χ0n) is 19.5. The number of nitrogens with zero attached hydrogens (tertiary/aromatic N) is 4. The highest BCUT2D eigenvalue weighted by molar-refractivity contribution is 7.07. The van der Waals surface area contributed by atoms with Crippen LogP contribution in [-0.2, 0) is 9.53 Å². The first-order valence-electron chi connectivity index (χ1n) is 10.8. The van der Waals surface area contributed by atoms with Crippen LogP contribution in [0.25, 0.3) is 6.08 Å². The molecule has 1 aliphatic rings. The van der Waals surface area contributed by atoms with Gasteiger partial charge in [0.2, 0.25) is 0 Å². The van der Waals surface area contributed by atoms with Crippen LogP contribution in [-0.4, -0.2) is 27.0 Å². The maximum absolute atomic E-state index is 13.6. The first-order chi connectivity index (χ1) is 17.1. The van der Waals surface area contributed by atoms with Crippen LogP contribution in [0.3, 0.4) is 0 Å². The average molecular weight is 509 g/mol. The van der Waals surface area contributed by atoms with Gasteiger partial charge >= 0.3 is 5.97 Å². The van der Waals surface area contributed by atoms with Gasteiger partial charge in [0.05, 0.1) is 38.3 Å². The van der Waals surface area contributed by atoms with Gasteiger partial charge in [-0.05, 0) is 38.0 Å². The molecular formula is C24H20N4O7S. The summed E-state index contributed by atoms with van der Waals surface area (Å²) < 4.78 is 6.77. The molecule has 184 valence electrons. The van der Waals surface area contributed by atoms with Gasteiger partial charge in [0, 0.05) is 23.8 Å². The fourth-order valence-electron chi connectivity index (χ4n) is 3.98. The molecule has 0 fully saturated rings. The zero-order valence-corrected chi connectivity index (χ0v) is 20.3. The van der Waals surface area contributed by atoms with E-state index in [0.717, 1.165) is 11.3 Å². The molecule has 4 rings (SSSR count). The maximum atomic E-state index is 13.6. The first-order valence-corrected chi connectivity index (χ1v) is 11.6. The molecule has 12 heteroatoms. The summed E-state index contributed by atoms with van der Waals surface area (Å²) in [6.45, 7) is 4.95. The molecule has 0 bridgehead atoms. The van der Waals surface area contributed by atoms with Crippen LogP contribution in [0, 0.1) is 27.2 Å². The molecule has 1 atom stereocenters. The van der Waals surface area contributed by atoms with Crippen molar-refractivity contribution in [2.45, 2.75) is 26.8 Å². The molecule has 2 heterocycles. The van der Waals surface area contributed by atoms with Crippen molar-refractivity contribution >= 4 is 34.8 Å². The number of allylic oxidation sites excluding steroid dienone is 1. The number of aryl methyl sites for hydroxylation is 1. The van der Waals surface area contributed by atoms with Gasteiger partial charge in [-0.2, -0.15) is 0 Å². The maximum Gasteiger partial charge on any atom is 0.338 e. The van der Waals surface area contributed by atoms with Gasteiger partial charge in [0.15, 0.2) is 4.80 Å². The van der Waals surface area contributed by atoms with E-state index in [9.17, 15) is 29.8 Å². The van der Waals surface area contributed by atoms with Crippen molar-refractivity contribution in [2.75, 3.05) is 6.61 Å². The smallest absolute Gasteiger partial charge is 0.338 e. The van der Waals surface area contributed by atoms with Crippen molar-refractivity contribution < 1.29 is 19.4 Å². The summed E-state index contributed by atoms with van der Waals surface area (Å²) in [5.41, 5.74) is 0.888. The quantitative estimate of drug-likeness (QED) is 0.282. The number of hydrogen-bond donors (Lipinski definition) is 0. The number of non-ortho nitro benzene ring substituents is 1. The van der Waals surface area contributed by atoms with Crippen LogP contribution in [0.4, 0.5) is 11.4 Å². The summed E-state index contributed by atoms with van der Waals surface area (Å²) in [6.07, 6.45) is 1.51. The molecule has 0 N–H and O–H groups in total. The van der Waals surface area contributed by atoms with Gasteiger partial charge in [0.1, 0.15) is 0 Å². The number of carbonyl (C=O) groups excluding carboxylic acids is 1. The highest BCUT2D eigenvalue weighted by Crippen LogP contribution is 2.33. The predicted octanol–water partition coefficient (Wildman–Crippen LogP) is 2.92. The van der Waals surface area contributed by atoms with Crippen molar-refractivity contribution in [1.29, 1.82) is 0 Å². The normalized spacial score (nSPS) is 15.3. The molecule has 0 spiro atoms. The lowest BCUT2D eigenvalue weighted by Crippen LogP contribution is -2.40. The Morgan fingerprint density at radius 1 is 1.17 bits per heavy atom. The Bertz CT molecular complexity index is 1630. The number of fused-ring (bicyclic) bond motifs is 1. The molecule has 3 aromatic rings. The van der Waals surface area contributed by atoms with E-state index in [1.165, 1.54) is 34.9 Å². The minimum Gasteiger partial charge on any atom is -0.463 e. The fraction of sp³-hybridized carbons (Fsp3) is 0.208. The topological polar surface area (TPSA) is 147 Å². The first kappa shape index (κ1) is 24.7. The molecule has 11 nitrogen and oxygen atoms in total. The van der Waals surface area contributed by atoms with E-state index in [1.54, 1.807) is 39.0 Å². The highest BCUT2D eigenvalue weighted by Gasteiger charge is 2.34. The number of benzene rings is 2. The number of aromatic nitrogens is 1. The lowest BCUT2D eigenvalue weighted by molar-refractivity contribution is -0.385. The molecule has 1 aromatic heterocycles. The third-order valence-corrected chi connectivity index (χ3v) is 6.62. The summed E-state index contributed by atoms with van der Waals surface area (Å²) in [5, 5.41) is 22.7. The van der Waals surface area contributed by atoms with E-state index in [-0.39, 0.29) is 32.9 Å². The molecule has 0 amide bonds. The van der Waals surface area contributed by atoms with Crippen molar-refractivity contribution in [3.05, 3.63) is 110 Å². The van der Waals surface area contributed by atoms with Gasteiger partial charge in [-0.1, -0.05) is 35.6 Å². The number of rotatable bonds is 6. The third-order valence-electron chi connectivity index (χ3n) is 5.64. The van der Waals surface area contributed by atoms with Crippen LogP contribution in [0.15, 0.2) is 63.5 Å². The molecule has 0 saturated carbocycles.